The molecular formula is C12H22N2. The molecule has 0 amide bonds. The van der Waals surface area contributed by atoms with Crippen LogP contribution in [0.1, 0.15) is 49.8 Å². The number of nitrogens with zero attached hydrogens (tertiary/aromatic N) is 2. The van der Waals surface area contributed by atoms with Gasteiger partial charge >= 0.3 is 0 Å². The van der Waals surface area contributed by atoms with Gasteiger partial charge in [0, 0.05) is 12.2 Å². The number of hydrogen-bond acceptors (Lipinski definition) is 1. The summed E-state index contributed by atoms with van der Waals surface area (Å²) in [6.07, 6.45) is 5.28. The number of imidazole rings is 1. The summed E-state index contributed by atoms with van der Waals surface area (Å²) in [5.74, 6) is 1.16. The van der Waals surface area contributed by atoms with Gasteiger partial charge in [0.25, 0.3) is 0 Å². The quantitative estimate of drug-likeness (QED) is 0.657. The van der Waals surface area contributed by atoms with Gasteiger partial charge in [0.2, 0.25) is 0 Å². The maximum atomic E-state index is 4.47. The first-order valence-corrected chi connectivity index (χ1v) is 5.67. The lowest BCUT2D eigenvalue weighted by Crippen LogP contribution is -2.02. The smallest absolute Gasteiger partial charge is 0.106 e. The number of hydrogen-bond donors (Lipinski definition) is 0. The molecule has 0 radical (unpaired) electrons. The Labute approximate surface area is 87.4 Å². The van der Waals surface area contributed by atoms with Crippen molar-refractivity contribution in [3.05, 3.63) is 17.2 Å². The fourth-order valence-corrected chi connectivity index (χ4v) is 1.85. The Kier molecular flexibility index (Phi) is 4.18. The highest BCUT2D eigenvalue weighted by molar-refractivity contribution is 5.13. The van der Waals surface area contributed by atoms with Gasteiger partial charge in [-0.05, 0) is 27.2 Å². The van der Waals surface area contributed by atoms with Crippen molar-refractivity contribution in [3.8, 4) is 0 Å². The molecule has 1 aromatic rings. The van der Waals surface area contributed by atoms with E-state index in [1.807, 2.05) is 0 Å². The topological polar surface area (TPSA) is 17.8 Å². The van der Waals surface area contributed by atoms with Gasteiger partial charge in [-0.3, -0.25) is 0 Å². The second kappa shape index (κ2) is 5.18. The summed E-state index contributed by atoms with van der Waals surface area (Å²) in [6.45, 7) is 9.73. The minimum Gasteiger partial charge on any atom is -0.332 e. The molecule has 0 spiro atoms. The van der Waals surface area contributed by atoms with E-state index in [1.54, 1.807) is 0 Å². The fourth-order valence-electron chi connectivity index (χ4n) is 1.85. The number of rotatable bonds is 5. The van der Waals surface area contributed by atoms with Gasteiger partial charge in [-0.15, -0.1) is 0 Å². The van der Waals surface area contributed by atoms with Crippen LogP contribution in [-0.4, -0.2) is 9.55 Å². The highest BCUT2D eigenvalue weighted by Crippen LogP contribution is 2.11. The summed E-state index contributed by atoms with van der Waals surface area (Å²) in [7, 11) is 0. The van der Waals surface area contributed by atoms with Crippen molar-refractivity contribution in [1.82, 2.24) is 9.55 Å². The van der Waals surface area contributed by atoms with Crippen molar-refractivity contribution in [2.24, 2.45) is 0 Å². The fraction of sp³-hybridized carbons (Fsp3) is 0.750. The maximum Gasteiger partial charge on any atom is 0.106 e. The number of aryl methyl sites for hydroxylation is 2. The minimum atomic E-state index is 1.14. The Morgan fingerprint density at radius 3 is 2.29 bits per heavy atom. The van der Waals surface area contributed by atoms with Gasteiger partial charge < -0.3 is 4.57 Å². The Bertz CT molecular complexity index is 287. The van der Waals surface area contributed by atoms with E-state index in [-0.39, 0.29) is 0 Å². The molecule has 0 saturated heterocycles. The molecule has 0 aliphatic heterocycles. The zero-order chi connectivity index (χ0) is 10.6. The van der Waals surface area contributed by atoms with Gasteiger partial charge in [0.1, 0.15) is 5.82 Å². The van der Waals surface area contributed by atoms with E-state index < -0.39 is 0 Å². The minimum absolute atomic E-state index is 1.14. The zero-order valence-corrected chi connectivity index (χ0v) is 9.93. The molecule has 0 atom stereocenters. The molecule has 1 heterocycles. The standard InChI is InChI=1S/C12H22N2/c1-5-6-7-8-9-14-11(3)10(2)13-12(14)4/h5-9H2,1-4H3. The molecule has 0 N–H and O–H groups in total. The summed E-state index contributed by atoms with van der Waals surface area (Å²) in [6, 6.07) is 0. The van der Waals surface area contributed by atoms with Crippen molar-refractivity contribution in [2.45, 2.75) is 59.9 Å². The molecule has 0 fully saturated rings. The van der Waals surface area contributed by atoms with Gasteiger partial charge in [-0.2, -0.15) is 0 Å². The van der Waals surface area contributed by atoms with Crippen LogP contribution in [0.3, 0.4) is 0 Å². The maximum absolute atomic E-state index is 4.47. The second-order valence-corrected chi connectivity index (χ2v) is 4.04. The Balaban J connectivity index is 2.49. The molecule has 0 bridgehead atoms. The van der Waals surface area contributed by atoms with Crippen LogP contribution in [0.4, 0.5) is 0 Å². The Morgan fingerprint density at radius 2 is 1.79 bits per heavy atom. The van der Waals surface area contributed by atoms with E-state index in [0.29, 0.717) is 0 Å². The molecule has 14 heavy (non-hydrogen) atoms. The van der Waals surface area contributed by atoms with Crippen molar-refractivity contribution < 1.29 is 0 Å². The number of unbranched alkanes of at least 4 members (excludes halogenated alkanes) is 3. The first kappa shape index (κ1) is 11.3. The first-order chi connectivity index (χ1) is 6.66. The molecule has 0 unspecified atom stereocenters. The van der Waals surface area contributed by atoms with Crippen LogP contribution in [0, 0.1) is 20.8 Å². The third-order valence-electron chi connectivity index (χ3n) is 2.88. The van der Waals surface area contributed by atoms with Crippen LogP contribution < -0.4 is 0 Å². The first-order valence-electron chi connectivity index (χ1n) is 5.67. The summed E-state index contributed by atoms with van der Waals surface area (Å²) >= 11 is 0. The molecule has 2 heteroatoms. The molecule has 2 nitrogen and oxygen atoms in total. The van der Waals surface area contributed by atoms with Crippen LogP contribution in [0.5, 0.6) is 0 Å². The second-order valence-electron chi connectivity index (χ2n) is 4.04. The van der Waals surface area contributed by atoms with E-state index >= 15 is 0 Å². The van der Waals surface area contributed by atoms with Gasteiger partial charge in [0.15, 0.2) is 0 Å². The summed E-state index contributed by atoms with van der Waals surface area (Å²) in [5, 5.41) is 0. The lowest BCUT2D eigenvalue weighted by molar-refractivity contribution is 0.565. The lowest BCUT2D eigenvalue weighted by Gasteiger charge is -2.07. The lowest BCUT2D eigenvalue weighted by atomic mass is 10.2. The largest absolute Gasteiger partial charge is 0.332 e. The number of aromatic nitrogens is 2. The summed E-state index contributed by atoms with van der Waals surface area (Å²) < 4.78 is 2.34. The average molecular weight is 194 g/mol. The van der Waals surface area contributed by atoms with Crippen LogP contribution in [0.25, 0.3) is 0 Å². The Hall–Kier alpha value is -0.790. The predicted molar refractivity (Wildman–Crippen MR) is 60.6 cm³/mol. The van der Waals surface area contributed by atoms with Crippen molar-refractivity contribution in [1.29, 1.82) is 0 Å². The van der Waals surface area contributed by atoms with Crippen LogP contribution in [0.15, 0.2) is 0 Å². The highest BCUT2D eigenvalue weighted by Gasteiger charge is 2.05. The van der Waals surface area contributed by atoms with E-state index in [4.69, 9.17) is 0 Å². The SMILES string of the molecule is CCCCCCn1c(C)nc(C)c1C. The van der Waals surface area contributed by atoms with Gasteiger partial charge in [0.05, 0.1) is 5.69 Å². The van der Waals surface area contributed by atoms with Gasteiger partial charge in [-0.25, -0.2) is 4.98 Å². The average Bonchev–Trinajstić information content (AvgIpc) is 2.38. The van der Waals surface area contributed by atoms with E-state index in [1.165, 1.54) is 37.1 Å². The third-order valence-corrected chi connectivity index (χ3v) is 2.88. The highest BCUT2D eigenvalue weighted by atomic mass is 15.1. The molecule has 0 aliphatic carbocycles. The van der Waals surface area contributed by atoms with E-state index in [0.717, 1.165) is 12.4 Å². The van der Waals surface area contributed by atoms with Gasteiger partial charge in [-0.1, -0.05) is 26.2 Å². The third kappa shape index (κ3) is 2.60. The summed E-state index contributed by atoms with van der Waals surface area (Å²) in [5.41, 5.74) is 2.51. The molecular weight excluding hydrogens is 172 g/mol. The van der Waals surface area contributed by atoms with E-state index in [2.05, 4.69) is 37.2 Å². The zero-order valence-electron chi connectivity index (χ0n) is 9.93. The molecule has 0 saturated carbocycles. The van der Waals surface area contributed by atoms with E-state index in [9.17, 15) is 0 Å². The van der Waals surface area contributed by atoms with Crippen molar-refractivity contribution in [2.75, 3.05) is 0 Å². The normalized spacial score (nSPS) is 10.9. The Morgan fingerprint density at radius 1 is 1.07 bits per heavy atom. The molecule has 0 aliphatic rings. The summed E-state index contributed by atoms with van der Waals surface area (Å²) in [4.78, 5) is 4.47. The van der Waals surface area contributed by atoms with Crippen molar-refractivity contribution in [3.63, 3.8) is 0 Å². The monoisotopic (exact) mass is 194 g/mol. The van der Waals surface area contributed by atoms with Crippen LogP contribution in [-0.2, 0) is 6.54 Å². The molecule has 1 aromatic heterocycles. The predicted octanol–water partition coefficient (Wildman–Crippen LogP) is 3.39. The van der Waals surface area contributed by atoms with Crippen molar-refractivity contribution >= 4 is 0 Å². The molecule has 1 rings (SSSR count). The van der Waals surface area contributed by atoms with Crippen LogP contribution in [0.2, 0.25) is 0 Å². The van der Waals surface area contributed by atoms with Crippen LogP contribution >= 0.6 is 0 Å². The molecule has 0 aromatic carbocycles. The molecule has 80 valence electrons.